The zero-order valence-electron chi connectivity index (χ0n) is 8.93. The van der Waals surface area contributed by atoms with Crippen molar-refractivity contribution in [3.63, 3.8) is 0 Å². The summed E-state index contributed by atoms with van der Waals surface area (Å²) in [6.07, 6.45) is -4.63. The average molecular weight is 258 g/mol. The second-order valence-corrected chi connectivity index (χ2v) is 4.38. The Bertz CT molecular complexity index is 369. The van der Waals surface area contributed by atoms with E-state index in [1.165, 1.54) is 0 Å². The predicted molar refractivity (Wildman–Crippen MR) is 62.1 cm³/mol. The maximum Gasteiger partial charge on any atom is 0.228 e. The van der Waals surface area contributed by atoms with Gasteiger partial charge in [-0.15, -0.1) is 12.6 Å². The molecule has 17 heavy (non-hydrogen) atoms. The summed E-state index contributed by atoms with van der Waals surface area (Å²) in [7, 11) is 0. The Labute approximate surface area is 104 Å². The highest BCUT2D eigenvalue weighted by Crippen LogP contribution is 2.21. The first kappa shape index (κ1) is 12.7. The van der Waals surface area contributed by atoms with Crippen LogP contribution in [0.1, 0.15) is 0 Å². The molecule has 0 aromatic heterocycles. The van der Waals surface area contributed by atoms with Gasteiger partial charge in [-0.25, -0.2) is 0 Å². The van der Waals surface area contributed by atoms with Crippen LogP contribution >= 0.6 is 12.6 Å². The van der Waals surface area contributed by atoms with Crippen molar-refractivity contribution in [1.29, 1.82) is 0 Å². The fourth-order valence-corrected chi connectivity index (χ4v) is 1.69. The molecule has 6 heteroatoms. The number of thiol groups is 1. The molecular formula is C11H14O5S. The summed E-state index contributed by atoms with van der Waals surface area (Å²) in [5.74, 6) is 0.496. The summed E-state index contributed by atoms with van der Waals surface area (Å²) in [6.45, 7) is -0.0758. The van der Waals surface area contributed by atoms with Crippen LogP contribution in [0.25, 0.3) is 0 Å². The van der Waals surface area contributed by atoms with Gasteiger partial charge in [0.15, 0.2) is 0 Å². The number of rotatable bonds is 2. The molecular weight excluding hydrogens is 244 g/mol. The van der Waals surface area contributed by atoms with E-state index < -0.39 is 24.6 Å². The standard InChI is InChI=1S/C11H14O5S/c12-8-5-15-11(10(14)9(8)13)16-6-1-3-7(17)4-2-6/h1-4,8-14,17H,5H2. The second-order valence-electron chi connectivity index (χ2n) is 3.86. The minimum absolute atomic E-state index is 0.0758. The topological polar surface area (TPSA) is 79.2 Å². The van der Waals surface area contributed by atoms with Crippen LogP contribution in [0.5, 0.6) is 5.75 Å². The van der Waals surface area contributed by atoms with Gasteiger partial charge in [-0.1, -0.05) is 0 Å². The summed E-state index contributed by atoms with van der Waals surface area (Å²) in [6, 6.07) is 6.82. The molecule has 0 radical (unpaired) electrons. The van der Waals surface area contributed by atoms with E-state index in [4.69, 9.17) is 9.47 Å². The van der Waals surface area contributed by atoms with Crippen molar-refractivity contribution in [3.8, 4) is 5.75 Å². The van der Waals surface area contributed by atoms with Gasteiger partial charge in [0, 0.05) is 4.90 Å². The first-order valence-corrected chi connectivity index (χ1v) is 5.64. The van der Waals surface area contributed by atoms with E-state index in [0.29, 0.717) is 5.75 Å². The first-order chi connectivity index (χ1) is 8.08. The fraction of sp³-hybridized carbons (Fsp3) is 0.455. The van der Waals surface area contributed by atoms with Gasteiger partial charge in [0.05, 0.1) is 6.61 Å². The van der Waals surface area contributed by atoms with E-state index in [2.05, 4.69) is 12.6 Å². The molecule has 1 aromatic rings. The van der Waals surface area contributed by atoms with Crippen LogP contribution in [0.15, 0.2) is 29.2 Å². The average Bonchev–Trinajstić information content (AvgIpc) is 2.33. The number of aliphatic hydroxyl groups excluding tert-OH is 3. The molecule has 0 amide bonds. The second kappa shape index (κ2) is 5.24. The van der Waals surface area contributed by atoms with Crippen LogP contribution in [-0.2, 0) is 4.74 Å². The molecule has 4 atom stereocenters. The molecule has 1 aliphatic heterocycles. The Morgan fingerprint density at radius 2 is 1.76 bits per heavy atom. The number of hydrogen-bond acceptors (Lipinski definition) is 6. The summed E-state index contributed by atoms with van der Waals surface area (Å²) in [5.41, 5.74) is 0. The van der Waals surface area contributed by atoms with Crippen molar-refractivity contribution in [1.82, 2.24) is 0 Å². The van der Waals surface area contributed by atoms with Crippen molar-refractivity contribution in [2.45, 2.75) is 29.5 Å². The minimum Gasteiger partial charge on any atom is -0.462 e. The van der Waals surface area contributed by atoms with Gasteiger partial charge in [0.2, 0.25) is 6.29 Å². The molecule has 4 unspecified atom stereocenters. The van der Waals surface area contributed by atoms with Gasteiger partial charge in [0.1, 0.15) is 24.1 Å². The van der Waals surface area contributed by atoms with Crippen LogP contribution in [0.2, 0.25) is 0 Å². The summed E-state index contributed by atoms with van der Waals surface area (Å²) in [4.78, 5) is 0.790. The SMILES string of the molecule is OC1COC(Oc2ccc(S)cc2)C(O)C1O. The summed E-state index contributed by atoms with van der Waals surface area (Å²) < 4.78 is 10.5. The maximum atomic E-state index is 9.65. The summed E-state index contributed by atoms with van der Waals surface area (Å²) in [5, 5.41) is 28.4. The monoisotopic (exact) mass is 258 g/mol. The van der Waals surface area contributed by atoms with Gasteiger partial charge < -0.3 is 24.8 Å². The molecule has 1 saturated heterocycles. The van der Waals surface area contributed by atoms with Gasteiger partial charge >= 0.3 is 0 Å². The largest absolute Gasteiger partial charge is 0.462 e. The lowest BCUT2D eigenvalue weighted by Crippen LogP contribution is -2.54. The highest BCUT2D eigenvalue weighted by molar-refractivity contribution is 7.80. The Hall–Kier alpha value is -0.790. The lowest BCUT2D eigenvalue weighted by Gasteiger charge is -2.34. The highest BCUT2D eigenvalue weighted by Gasteiger charge is 2.38. The van der Waals surface area contributed by atoms with Gasteiger partial charge in [-0.2, -0.15) is 0 Å². The Morgan fingerprint density at radius 1 is 1.12 bits per heavy atom. The van der Waals surface area contributed by atoms with Gasteiger partial charge in [-0.3, -0.25) is 0 Å². The Morgan fingerprint density at radius 3 is 2.41 bits per heavy atom. The highest BCUT2D eigenvalue weighted by atomic mass is 32.1. The van der Waals surface area contributed by atoms with Crippen molar-refractivity contribution in [3.05, 3.63) is 24.3 Å². The number of hydrogen-bond donors (Lipinski definition) is 4. The van der Waals surface area contributed by atoms with Crippen LogP contribution < -0.4 is 4.74 Å². The molecule has 0 spiro atoms. The minimum atomic E-state index is -1.28. The third kappa shape index (κ3) is 2.91. The fourth-order valence-electron chi connectivity index (χ4n) is 1.54. The molecule has 3 N–H and O–H groups in total. The van der Waals surface area contributed by atoms with Crippen LogP contribution in [0.3, 0.4) is 0 Å². The number of ether oxygens (including phenoxy) is 2. The van der Waals surface area contributed by atoms with Gasteiger partial charge in [0.25, 0.3) is 0 Å². The maximum absolute atomic E-state index is 9.65. The normalized spacial score (nSPS) is 33.4. The summed E-state index contributed by atoms with van der Waals surface area (Å²) >= 11 is 4.13. The van der Waals surface area contributed by atoms with Gasteiger partial charge in [-0.05, 0) is 24.3 Å². The lowest BCUT2D eigenvalue weighted by atomic mass is 10.1. The number of aliphatic hydroxyl groups is 3. The Balaban J connectivity index is 2.01. The van der Waals surface area contributed by atoms with Crippen molar-refractivity contribution < 1.29 is 24.8 Å². The van der Waals surface area contributed by atoms with E-state index in [0.717, 1.165) is 4.90 Å². The van der Waals surface area contributed by atoms with E-state index in [-0.39, 0.29) is 6.61 Å². The van der Waals surface area contributed by atoms with Crippen LogP contribution in [0.4, 0.5) is 0 Å². The molecule has 1 fully saturated rings. The smallest absolute Gasteiger partial charge is 0.228 e. The quantitative estimate of drug-likeness (QED) is 0.552. The van der Waals surface area contributed by atoms with Crippen molar-refractivity contribution in [2.75, 3.05) is 6.61 Å². The molecule has 2 rings (SSSR count). The van der Waals surface area contributed by atoms with Crippen molar-refractivity contribution in [2.24, 2.45) is 0 Å². The van der Waals surface area contributed by atoms with E-state index >= 15 is 0 Å². The molecule has 0 aliphatic carbocycles. The van der Waals surface area contributed by atoms with E-state index in [1.807, 2.05) is 0 Å². The number of benzene rings is 1. The third-order valence-electron chi connectivity index (χ3n) is 2.54. The van der Waals surface area contributed by atoms with Crippen LogP contribution in [0, 0.1) is 0 Å². The van der Waals surface area contributed by atoms with E-state index in [9.17, 15) is 15.3 Å². The van der Waals surface area contributed by atoms with Crippen LogP contribution in [-0.4, -0.2) is 46.5 Å². The predicted octanol–water partition coefficient (Wildman–Crippen LogP) is -0.207. The molecule has 5 nitrogen and oxygen atoms in total. The Kier molecular flexibility index (Phi) is 3.90. The molecule has 0 bridgehead atoms. The third-order valence-corrected chi connectivity index (χ3v) is 2.84. The molecule has 94 valence electrons. The zero-order chi connectivity index (χ0) is 12.4. The van der Waals surface area contributed by atoms with E-state index in [1.54, 1.807) is 24.3 Å². The lowest BCUT2D eigenvalue weighted by molar-refractivity contribution is -0.242. The molecule has 1 aromatic carbocycles. The molecule has 1 aliphatic rings. The van der Waals surface area contributed by atoms with Crippen molar-refractivity contribution >= 4 is 12.6 Å². The molecule has 1 heterocycles. The first-order valence-electron chi connectivity index (χ1n) is 5.19. The molecule has 0 saturated carbocycles. The zero-order valence-corrected chi connectivity index (χ0v) is 9.83.